The fourth-order valence-corrected chi connectivity index (χ4v) is 3.28. The molecule has 0 aromatic heterocycles. The molecule has 0 aliphatic rings. The average molecular weight is 411 g/mol. The summed E-state index contributed by atoms with van der Waals surface area (Å²) in [6.07, 6.45) is -3.55. The van der Waals surface area contributed by atoms with Gasteiger partial charge in [0.2, 0.25) is 6.10 Å². The topological polar surface area (TPSA) is 142 Å². The SMILES string of the molecule is COC(=O)C(OS(=O)(=O)c1ccc([N+](=O)[O-])cc1)C(O)c1ccc(OC)cc1. The number of carbonyl (C=O) groups excluding carboxylic acids is 1. The van der Waals surface area contributed by atoms with E-state index in [1.807, 2.05) is 0 Å². The first-order valence-electron chi connectivity index (χ1n) is 7.77. The van der Waals surface area contributed by atoms with Crippen LogP contribution in [0.2, 0.25) is 0 Å². The lowest BCUT2D eigenvalue weighted by molar-refractivity contribution is -0.384. The maximum Gasteiger partial charge on any atom is 0.339 e. The zero-order valence-electron chi connectivity index (χ0n) is 14.8. The molecular formula is C17H17NO9S. The number of esters is 1. The van der Waals surface area contributed by atoms with Crippen molar-refractivity contribution in [2.24, 2.45) is 0 Å². The summed E-state index contributed by atoms with van der Waals surface area (Å²) in [5.41, 5.74) is -0.128. The van der Waals surface area contributed by atoms with Crippen molar-refractivity contribution in [2.75, 3.05) is 14.2 Å². The number of nitro benzene ring substituents is 1. The Morgan fingerprint density at radius 3 is 2.11 bits per heavy atom. The standard InChI is InChI=1S/C17H17NO9S/c1-25-13-7-3-11(4-8-13)15(19)16(17(20)26-2)27-28(23,24)14-9-5-12(6-10-14)18(21)22/h3-10,15-16,19H,1-2H3. The number of nitrogens with zero attached hydrogens (tertiary/aromatic N) is 1. The number of hydrogen-bond donors (Lipinski definition) is 1. The van der Waals surface area contributed by atoms with E-state index in [0.29, 0.717) is 5.75 Å². The van der Waals surface area contributed by atoms with Gasteiger partial charge in [-0.2, -0.15) is 8.42 Å². The van der Waals surface area contributed by atoms with E-state index >= 15 is 0 Å². The van der Waals surface area contributed by atoms with E-state index in [1.54, 1.807) is 0 Å². The minimum Gasteiger partial charge on any atom is -0.497 e. The summed E-state index contributed by atoms with van der Waals surface area (Å²) in [5.74, 6) is -0.626. The van der Waals surface area contributed by atoms with Crippen LogP contribution in [0.1, 0.15) is 11.7 Å². The highest BCUT2D eigenvalue weighted by atomic mass is 32.2. The lowest BCUT2D eigenvalue weighted by atomic mass is 10.0. The number of rotatable bonds is 8. The third kappa shape index (κ3) is 4.82. The van der Waals surface area contributed by atoms with Crippen molar-refractivity contribution in [3.63, 3.8) is 0 Å². The first-order chi connectivity index (χ1) is 13.2. The maximum atomic E-state index is 12.4. The first kappa shape index (κ1) is 21.3. The van der Waals surface area contributed by atoms with E-state index in [1.165, 1.54) is 31.4 Å². The van der Waals surface area contributed by atoms with Gasteiger partial charge >= 0.3 is 5.97 Å². The van der Waals surface area contributed by atoms with Crippen LogP contribution in [0, 0.1) is 10.1 Å². The quantitative estimate of drug-likeness (QED) is 0.296. The molecule has 2 aromatic carbocycles. The molecule has 2 rings (SSSR count). The molecule has 0 fully saturated rings. The predicted molar refractivity (Wildman–Crippen MR) is 95.1 cm³/mol. The lowest BCUT2D eigenvalue weighted by Gasteiger charge is -2.21. The molecule has 0 spiro atoms. The van der Waals surface area contributed by atoms with Gasteiger partial charge in [0.15, 0.2) is 0 Å². The summed E-state index contributed by atoms with van der Waals surface area (Å²) in [7, 11) is -2.07. The Bertz CT molecular complexity index is 940. The predicted octanol–water partition coefficient (Wildman–Crippen LogP) is 1.58. The van der Waals surface area contributed by atoms with Crippen LogP contribution < -0.4 is 4.74 Å². The smallest absolute Gasteiger partial charge is 0.339 e. The number of aliphatic hydroxyl groups is 1. The molecule has 0 aliphatic carbocycles. The Morgan fingerprint density at radius 2 is 1.64 bits per heavy atom. The number of aliphatic hydroxyl groups excluding tert-OH is 1. The van der Waals surface area contributed by atoms with Gasteiger partial charge in [-0.3, -0.25) is 10.1 Å². The van der Waals surface area contributed by atoms with Crippen molar-refractivity contribution < 1.29 is 36.9 Å². The van der Waals surface area contributed by atoms with Crippen LogP contribution in [0.15, 0.2) is 53.4 Å². The van der Waals surface area contributed by atoms with Crippen LogP contribution in [0.5, 0.6) is 5.75 Å². The van der Waals surface area contributed by atoms with Gasteiger partial charge in [-0.1, -0.05) is 12.1 Å². The number of hydrogen-bond acceptors (Lipinski definition) is 9. The van der Waals surface area contributed by atoms with Crippen molar-refractivity contribution in [1.82, 2.24) is 0 Å². The molecule has 0 aliphatic heterocycles. The van der Waals surface area contributed by atoms with Crippen molar-refractivity contribution in [3.05, 3.63) is 64.2 Å². The third-order valence-corrected chi connectivity index (χ3v) is 5.05. The molecule has 11 heteroatoms. The molecule has 150 valence electrons. The number of non-ortho nitro benzene ring substituents is 1. The van der Waals surface area contributed by atoms with E-state index in [-0.39, 0.29) is 11.3 Å². The molecular weight excluding hydrogens is 394 g/mol. The molecule has 0 saturated carbocycles. The molecule has 2 aromatic rings. The summed E-state index contributed by atoms with van der Waals surface area (Å²) >= 11 is 0. The molecule has 28 heavy (non-hydrogen) atoms. The van der Waals surface area contributed by atoms with Crippen molar-refractivity contribution >= 4 is 21.8 Å². The number of nitro groups is 1. The second-order valence-electron chi connectivity index (χ2n) is 5.46. The van der Waals surface area contributed by atoms with Crippen LogP contribution in [0.25, 0.3) is 0 Å². The van der Waals surface area contributed by atoms with Crippen molar-refractivity contribution in [3.8, 4) is 5.75 Å². The Kier molecular flexibility index (Phi) is 6.67. The molecule has 0 radical (unpaired) electrons. The van der Waals surface area contributed by atoms with Crippen LogP contribution >= 0.6 is 0 Å². The largest absolute Gasteiger partial charge is 0.497 e. The van der Waals surface area contributed by atoms with E-state index < -0.39 is 38.1 Å². The summed E-state index contributed by atoms with van der Waals surface area (Å²) in [4.78, 5) is 21.6. The molecule has 0 saturated heterocycles. The fourth-order valence-electron chi connectivity index (χ4n) is 2.24. The summed E-state index contributed by atoms with van der Waals surface area (Å²) in [6, 6.07) is 9.76. The minimum atomic E-state index is -4.53. The zero-order valence-corrected chi connectivity index (χ0v) is 15.7. The van der Waals surface area contributed by atoms with E-state index in [9.17, 15) is 28.4 Å². The van der Waals surface area contributed by atoms with Gasteiger partial charge in [-0.15, -0.1) is 0 Å². The highest BCUT2D eigenvalue weighted by molar-refractivity contribution is 7.86. The average Bonchev–Trinajstić information content (AvgIpc) is 2.71. The highest BCUT2D eigenvalue weighted by Gasteiger charge is 2.35. The van der Waals surface area contributed by atoms with E-state index in [4.69, 9.17) is 8.92 Å². The number of ether oxygens (including phenoxy) is 2. The van der Waals surface area contributed by atoms with Gasteiger partial charge in [0.1, 0.15) is 11.9 Å². The summed E-state index contributed by atoms with van der Waals surface area (Å²) in [6.45, 7) is 0. The minimum absolute atomic E-state index is 0.190. The number of methoxy groups -OCH3 is 2. The normalized spacial score (nSPS) is 13.4. The Morgan fingerprint density at radius 1 is 1.07 bits per heavy atom. The van der Waals surface area contributed by atoms with Crippen molar-refractivity contribution in [2.45, 2.75) is 17.1 Å². The third-order valence-electron chi connectivity index (χ3n) is 3.74. The Labute approximate surface area is 160 Å². The zero-order chi connectivity index (χ0) is 20.9. The molecule has 2 atom stereocenters. The van der Waals surface area contributed by atoms with Gasteiger partial charge in [0.25, 0.3) is 15.8 Å². The maximum absolute atomic E-state index is 12.4. The molecule has 0 amide bonds. The van der Waals surface area contributed by atoms with Crippen molar-refractivity contribution in [1.29, 1.82) is 0 Å². The molecule has 1 N–H and O–H groups in total. The fraction of sp³-hybridized carbons (Fsp3) is 0.235. The Balaban J connectivity index is 2.31. The van der Waals surface area contributed by atoms with Gasteiger partial charge in [-0.25, -0.2) is 8.98 Å². The molecule has 0 heterocycles. The first-order valence-corrected chi connectivity index (χ1v) is 9.18. The van der Waals surface area contributed by atoms with Gasteiger partial charge in [-0.05, 0) is 29.8 Å². The van der Waals surface area contributed by atoms with Crippen LogP contribution in [-0.2, 0) is 23.8 Å². The summed E-state index contributed by atoms with van der Waals surface area (Å²) < 4.78 is 39.3. The molecule has 0 bridgehead atoms. The second kappa shape index (κ2) is 8.78. The van der Waals surface area contributed by atoms with Crippen LogP contribution in [0.4, 0.5) is 5.69 Å². The van der Waals surface area contributed by atoms with E-state index in [2.05, 4.69) is 4.74 Å². The van der Waals surface area contributed by atoms with Gasteiger partial charge < -0.3 is 14.6 Å². The Hall–Kier alpha value is -3.02. The molecule has 2 unspecified atom stereocenters. The number of carbonyl (C=O) groups is 1. The van der Waals surface area contributed by atoms with Crippen LogP contribution in [0.3, 0.4) is 0 Å². The summed E-state index contributed by atoms with van der Waals surface area (Å²) in [5, 5.41) is 21.1. The highest BCUT2D eigenvalue weighted by Crippen LogP contribution is 2.26. The lowest BCUT2D eigenvalue weighted by Crippen LogP contribution is -2.34. The van der Waals surface area contributed by atoms with Gasteiger partial charge in [0, 0.05) is 12.1 Å². The molecule has 10 nitrogen and oxygen atoms in total. The van der Waals surface area contributed by atoms with E-state index in [0.717, 1.165) is 31.4 Å². The van der Waals surface area contributed by atoms with Gasteiger partial charge in [0.05, 0.1) is 24.0 Å². The van der Waals surface area contributed by atoms with Crippen LogP contribution in [-0.4, -0.2) is 44.7 Å². The second-order valence-corrected chi connectivity index (χ2v) is 7.04. The number of benzene rings is 2. The monoisotopic (exact) mass is 411 g/mol.